The molecule has 0 aliphatic heterocycles. The van der Waals surface area contributed by atoms with Gasteiger partial charge in [0.05, 0.1) is 13.2 Å². The molecule has 0 amide bonds. The molecule has 0 saturated carbocycles. The SMILES string of the molecule is COc1ccc([C@@H](N)c2ccsc2)c(C)c1.Cl. The summed E-state index contributed by atoms with van der Waals surface area (Å²) in [6.07, 6.45) is 0. The molecule has 2 aromatic rings. The number of nitrogens with two attached hydrogens (primary N) is 1. The largest absolute Gasteiger partial charge is 0.497 e. The molecule has 92 valence electrons. The summed E-state index contributed by atoms with van der Waals surface area (Å²) in [6, 6.07) is 8.03. The number of aryl methyl sites for hydroxylation is 1. The molecule has 0 spiro atoms. The van der Waals surface area contributed by atoms with Gasteiger partial charge in [0, 0.05) is 0 Å². The lowest BCUT2D eigenvalue weighted by Gasteiger charge is -2.14. The van der Waals surface area contributed by atoms with Gasteiger partial charge >= 0.3 is 0 Å². The van der Waals surface area contributed by atoms with Gasteiger partial charge in [0.15, 0.2) is 0 Å². The van der Waals surface area contributed by atoms with E-state index in [-0.39, 0.29) is 18.4 Å². The molecule has 0 bridgehead atoms. The molecule has 2 N–H and O–H groups in total. The predicted molar refractivity (Wildman–Crippen MR) is 75.3 cm³/mol. The Kier molecular flexibility index (Phi) is 5.00. The van der Waals surface area contributed by atoms with Gasteiger partial charge in [0.1, 0.15) is 5.75 Å². The van der Waals surface area contributed by atoms with Crippen molar-refractivity contribution < 1.29 is 4.74 Å². The van der Waals surface area contributed by atoms with Crippen molar-refractivity contribution in [1.29, 1.82) is 0 Å². The molecule has 1 atom stereocenters. The number of ether oxygens (including phenoxy) is 1. The number of thiophene rings is 1. The summed E-state index contributed by atoms with van der Waals surface area (Å²) < 4.78 is 5.18. The number of rotatable bonds is 3. The van der Waals surface area contributed by atoms with E-state index in [1.54, 1.807) is 18.4 Å². The lowest BCUT2D eigenvalue weighted by atomic mass is 9.97. The summed E-state index contributed by atoms with van der Waals surface area (Å²) >= 11 is 1.67. The Hall–Kier alpha value is -1.03. The van der Waals surface area contributed by atoms with Crippen molar-refractivity contribution in [3.63, 3.8) is 0 Å². The third-order valence-electron chi connectivity index (χ3n) is 2.71. The number of hydrogen-bond donors (Lipinski definition) is 1. The van der Waals surface area contributed by atoms with Crippen LogP contribution in [0.25, 0.3) is 0 Å². The van der Waals surface area contributed by atoms with E-state index in [9.17, 15) is 0 Å². The first-order chi connectivity index (χ1) is 7.72. The van der Waals surface area contributed by atoms with E-state index in [1.165, 1.54) is 5.56 Å². The van der Waals surface area contributed by atoms with Crippen LogP contribution in [0.4, 0.5) is 0 Å². The molecule has 0 fully saturated rings. The maximum Gasteiger partial charge on any atom is 0.119 e. The highest BCUT2D eigenvalue weighted by atomic mass is 35.5. The first kappa shape index (κ1) is 14.0. The van der Waals surface area contributed by atoms with Crippen molar-refractivity contribution in [1.82, 2.24) is 0 Å². The van der Waals surface area contributed by atoms with E-state index >= 15 is 0 Å². The standard InChI is InChI=1S/C13H15NOS.ClH/c1-9-7-11(15-2)3-4-12(9)13(14)10-5-6-16-8-10;/h3-8,13H,14H2,1-2H3;1H/t13-;/m0./s1. The van der Waals surface area contributed by atoms with Crippen LogP contribution in [0.2, 0.25) is 0 Å². The summed E-state index contributed by atoms with van der Waals surface area (Å²) in [6.45, 7) is 2.06. The van der Waals surface area contributed by atoms with Gasteiger partial charge in [-0.05, 0) is 52.6 Å². The molecule has 2 rings (SSSR count). The molecule has 0 aliphatic rings. The molecule has 1 heterocycles. The quantitative estimate of drug-likeness (QED) is 0.925. The predicted octanol–water partition coefficient (Wildman–Crippen LogP) is 3.54. The van der Waals surface area contributed by atoms with Crippen LogP contribution in [0.15, 0.2) is 35.0 Å². The highest BCUT2D eigenvalue weighted by Gasteiger charge is 2.12. The van der Waals surface area contributed by atoms with E-state index in [0.29, 0.717) is 0 Å². The minimum atomic E-state index is -0.0443. The van der Waals surface area contributed by atoms with Crippen LogP contribution in [0, 0.1) is 6.92 Å². The highest BCUT2D eigenvalue weighted by Crippen LogP contribution is 2.26. The fraction of sp³-hybridized carbons (Fsp3) is 0.231. The van der Waals surface area contributed by atoms with Gasteiger partial charge in [-0.3, -0.25) is 0 Å². The van der Waals surface area contributed by atoms with Crippen molar-refractivity contribution in [2.24, 2.45) is 5.73 Å². The average Bonchev–Trinajstić information content (AvgIpc) is 2.81. The van der Waals surface area contributed by atoms with Crippen LogP contribution < -0.4 is 10.5 Å². The lowest BCUT2D eigenvalue weighted by Crippen LogP contribution is -2.12. The molecular formula is C13H16ClNOS. The minimum absolute atomic E-state index is 0. The van der Waals surface area contributed by atoms with Gasteiger partial charge in [0.25, 0.3) is 0 Å². The number of benzene rings is 1. The minimum Gasteiger partial charge on any atom is -0.497 e. The van der Waals surface area contributed by atoms with Crippen molar-refractivity contribution in [2.75, 3.05) is 7.11 Å². The van der Waals surface area contributed by atoms with Gasteiger partial charge < -0.3 is 10.5 Å². The molecule has 2 nitrogen and oxygen atoms in total. The van der Waals surface area contributed by atoms with Gasteiger partial charge in [-0.1, -0.05) is 6.07 Å². The van der Waals surface area contributed by atoms with Crippen molar-refractivity contribution in [2.45, 2.75) is 13.0 Å². The lowest BCUT2D eigenvalue weighted by molar-refractivity contribution is 0.414. The van der Waals surface area contributed by atoms with Gasteiger partial charge in [-0.2, -0.15) is 11.3 Å². The Morgan fingerprint density at radius 1 is 1.29 bits per heavy atom. The Morgan fingerprint density at radius 2 is 2.06 bits per heavy atom. The van der Waals surface area contributed by atoms with Crippen LogP contribution in [0.3, 0.4) is 0 Å². The monoisotopic (exact) mass is 269 g/mol. The second-order valence-electron chi connectivity index (χ2n) is 3.76. The second-order valence-corrected chi connectivity index (χ2v) is 4.54. The summed E-state index contributed by atoms with van der Waals surface area (Å²) in [5, 5.41) is 4.14. The zero-order valence-corrected chi connectivity index (χ0v) is 11.5. The first-order valence-electron chi connectivity index (χ1n) is 5.14. The molecule has 0 saturated heterocycles. The Bertz CT molecular complexity index is 470. The third-order valence-corrected chi connectivity index (χ3v) is 3.42. The van der Waals surface area contributed by atoms with E-state index in [1.807, 2.05) is 23.6 Å². The normalized spacial score (nSPS) is 11.7. The fourth-order valence-electron chi connectivity index (χ4n) is 1.76. The van der Waals surface area contributed by atoms with Gasteiger partial charge in [-0.25, -0.2) is 0 Å². The van der Waals surface area contributed by atoms with E-state index in [2.05, 4.69) is 18.4 Å². The maximum absolute atomic E-state index is 6.22. The molecular weight excluding hydrogens is 254 g/mol. The highest BCUT2D eigenvalue weighted by molar-refractivity contribution is 7.08. The number of hydrogen-bond acceptors (Lipinski definition) is 3. The van der Waals surface area contributed by atoms with Crippen molar-refractivity contribution in [3.05, 3.63) is 51.7 Å². The van der Waals surface area contributed by atoms with Gasteiger partial charge in [0.2, 0.25) is 0 Å². The summed E-state index contributed by atoms with van der Waals surface area (Å²) in [4.78, 5) is 0. The van der Waals surface area contributed by atoms with E-state index < -0.39 is 0 Å². The smallest absolute Gasteiger partial charge is 0.119 e. The number of halogens is 1. The zero-order chi connectivity index (χ0) is 11.5. The van der Waals surface area contributed by atoms with Crippen molar-refractivity contribution in [3.8, 4) is 5.75 Å². The van der Waals surface area contributed by atoms with Crippen LogP contribution in [0.5, 0.6) is 5.75 Å². The molecule has 0 radical (unpaired) electrons. The third kappa shape index (κ3) is 3.00. The molecule has 0 aliphatic carbocycles. The van der Waals surface area contributed by atoms with E-state index in [4.69, 9.17) is 10.5 Å². The summed E-state index contributed by atoms with van der Waals surface area (Å²) in [5.74, 6) is 0.874. The zero-order valence-electron chi connectivity index (χ0n) is 9.84. The van der Waals surface area contributed by atoms with Crippen LogP contribution in [-0.4, -0.2) is 7.11 Å². The Balaban J connectivity index is 0.00000144. The second kappa shape index (κ2) is 6.05. The molecule has 17 heavy (non-hydrogen) atoms. The van der Waals surface area contributed by atoms with Crippen LogP contribution >= 0.6 is 23.7 Å². The van der Waals surface area contributed by atoms with Crippen LogP contribution in [-0.2, 0) is 0 Å². The fourth-order valence-corrected chi connectivity index (χ4v) is 2.45. The van der Waals surface area contributed by atoms with Crippen molar-refractivity contribution >= 4 is 23.7 Å². The molecule has 1 aromatic heterocycles. The molecule has 0 unspecified atom stereocenters. The number of methoxy groups -OCH3 is 1. The summed E-state index contributed by atoms with van der Waals surface area (Å²) in [7, 11) is 1.67. The van der Waals surface area contributed by atoms with Gasteiger partial charge in [-0.15, -0.1) is 12.4 Å². The molecule has 1 aromatic carbocycles. The first-order valence-corrected chi connectivity index (χ1v) is 6.09. The van der Waals surface area contributed by atoms with E-state index in [0.717, 1.165) is 16.9 Å². The molecule has 4 heteroatoms. The summed E-state index contributed by atoms with van der Waals surface area (Å²) in [5.41, 5.74) is 9.70. The Morgan fingerprint density at radius 3 is 2.59 bits per heavy atom. The Labute approximate surface area is 112 Å². The topological polar surface area (TPSA) is 35.2 Å². The maximum atomic E-state index is 6.22. The van der Waals surface area contributed by atoms with Crippen LogP contribution in [0.1, 0.15) is 22.7 Å². The average molecular weight is 270 g/mol.